The molecule has 0 saturated heterocycles. The standard InChI is InChI=1S/C14H10ClN3S.BrH/c15-10-4-3-5-11(8-10)17-14-18-13(9-19-14)12-6-1-2-7-16-12;/h1-9H,(H,17,18);1H. The van der Waals surface area contributed by atoms with Gasteiger partial charge in [-0.25, -0.2) is 4.98 Å². The van der Waals surface area contributed by atoms with E-state index in [1.165, 1.54) is 11.3 Å². The van der Waals surface area contributed by atoms with Crippen LogP contribution in [0.5, 0.6) is 0 Å². The lowest BCUT2D eigenvalue weighted by molar-refractivity contribution is 1.28. The van der Waals surface area contributed by atoms with Crippen LogP contribution in [0.15, 0.2) is 54.0 Å². The van der Waals surface area contributed by atoms with E-state index in [0.29, 0.717) is 5.02 Å². The zero-order valence-corrected chi connectivity index (χ0v) is 13.6. The summed E-state index contributed by atoms with van der Waals surface area (Å²) in [5, 5.41) is 6.73. The lowest BCUT2D eigenvalue weighted by Gasteiger charge is -2.02. The molecule has 2 aromatic heterocycles. The topological polar surface area (TPSA) is 37.8 Å². The number of aromatic nitrogens is 2. The van der Waals surface area contributed by atoms with E-state index in [-0.39, 0.29) is 17.0 Å². The molecule has 6 heteroatoms. The molecule has 0 saturated carbocycles. The molecule has 0 aliphatic rings. The number of hydrogen-bond acceptors (Lipinski definition) is 4. The average molecular weight is 369 g/mol. The fourth-order valence-corrected chi connectivity index (χ4v) is 2.57. The fourth-order valence-electron chi connectivity index (χ4n) is 1.65. The van der Waals surface area contributed by atoms with E-state index in [4.69, 9.17) is 11.6 Å². The number of halogens is 2. The number of hydrogen-bond donors (Lipinski definition) is 1. The van der Waals surface area contributed by atoms with Crippen LogP contribution in [-0.4, -0.2) is 9.97 Å². The molecular formula is C14H11BrClN3S. The number of pyridine rings is 1. The first-order valence-electron chi connectivity index (χ1n) is 5.71. The number of nitrogens with one attached hydrogen (secondary N) is 1. The van der Waals surface area contributed by atoms with Gasteiger partial charge in [0.15, 0.2) is 5.13 Å². The lowest BCUT2D eigenvalue weighted by Crippen LogP contribution is -1.89. The minimum Gasteiger partial charge on any atom is -0.331 e. The largest absolute Gasteiger partial charge is 0.331 e. The van der Waals surface area contributed by atoms with Crippen molar-refractivity contribution in [1.82, 2.24) is 9.97 Å². The first kappa shape index (κ1) is 15.0. The van der Waals surface area contributed by atoms with E-state index in [9.17, 15) is 0 Å². The van der Waals surface area contributed by atoms with Crippen LogP contribution in [0.2, 0.25) is 5.02 Å². The fraction of sp³-hybridized carbons (Fsp3) is 0. The molecular weight excluding hydrogens is 358 g/mol. The molecule has 1 N–H and O–H groups in total. The van der Waals surface area contributed by atoms with Crippen molar-refractivity contribution in [3.63, 3.8) is 0 Å². The van der Waals surface area contributed by atoms with Gasteiger partial charge >= 0.3 is 0 Å². The number of thiazole rings is 1. The molecule has 3 aromatic rings. The molecule has 0 fully saturated rings. The maximum absolute atomic E-state index is 5.95. The van der Waals surface area contributed by atoms with Crippen LogP contribution in [-0.2, 0) is 0 Å². The quantitative estimate of drug-likeness (QED) is 0.692. The predicted molar refractivity (Wildman–Crippen MR) is 90.4 cm³/mol. The Labute approximate surface area is 136 Å². The maximum atomic E-state index is 5.95. The van der Waals surface area contributed by atoms with E-state index in [0.717, 1.165) is 22.2 Å². The van der Waals surface area contributed by atoms with E-state index in [2.05, 4.69) is 15.3 Å². The third-order valence-corrected chi connectivity index (χ3v) is 3.50. The zero-order chi connectivity index (χ0) is 13.1. The number of rotatable bonds is 3. The molecule has 20 heavy (non-hydrogen) atoms. The van der Waals surface area contributed by atoms with Gasteiger partial charge in [0.05, 0.1) is 5.69 Å². The molecule has 0 amide bonds. The van der Waals surface area contributed by atoms with Crippen LogP contribution in [0, 0.1) is 0 Å². The first-order valence-corrected chi connectivity index (χ1v) is 6.96. The molecule has 0 spiro atoms. The second-order valence-electron chi connectivity index (χ2n) is 3.89. The second-order valence-corrected chi connectivity index (χ2v) is 5.18. The zero-order valence-electron chi connectivity index (χ0n) is 10.3. The minimum absolute atomic E-state index is 0. The van der Waals surface area contributed by atoms with Crippen molar-refractivity contribution in [2.75, 3.05) is 5.32 Å². The Morgan fingerprint density at radius 2 is 1.95 bits per heavy atom. The van der Waals surface area contributed by atoms with Gasteiger partial charge in [-0.2, -0.15) is 0 Å². The van der Waals surface area contributed by atoms with Gasteiger partial charge < -0.3 is 5.32 Å². The Balaban J connectivity index is 0.00000147. The normalized spacial score (nSPS) is 9.85. The molecule has 102 valence electrons. The highest BCUT2D eigenvalue weighted by atomic mass is 79.9. The Hall–Kier alpha value is -1.43. The molecule has 3 rings (SSSR count). The van der Waals surface area contributed by atoms with Gasteiger partial charge in [0.2, 0.25) is 0 Å². The average Bonchev–Trinajstić information content (AvgIpc) is 2.88. The molecule has 3 nitrogen and oxygen atoms in total. The molecule has 1 aromatic carbocycles. The molecule has 0 aliphatic carbocycles. The summed E-state index contributed by atoms with van der Waals surface area (Å²) in [5.41, 5.74) is 2.67. The van der Waals surface area contributed by atoms with Gasteiger partial charge in [0.25, 0.3) is 0 Å². The third kappa shape index (κ3) is 3.56. The molecule has 0 atom stereocenters. The lowest BCUT2D eigenvalue weighted by atomic mass is 10.3. The number of benzene rings is 1. The summed E-state index contributed by atoms with van der Waals surface area (Å²) in [4.78, 5) is 8.79. The molecule has 0 aliphatic heterocycles. The van der Waals surface area contributed by atoms with Crippen LogP contribution >= 0.6 is 39.9 Å². The van der Waals surface area contributed by atoms with Gasteiger partial charge in [-0.05, 0) is 30.3 Å². The van der Waals surface area contributed by atoms with Gasteiger partial charge in [-0.1, -0.05) is 23.7 Å². The van der Waals surface area contributed by atoms with E-state index >= 15 is 0 Å². The van der Waals surface area contributed by atoms with E-state index < -0.39 is 0 Å². The van der Waals surface area contributed by atoms with Crippen LogP contribution in [0.25, 0.3) is 11.4 Å². The van der Waals surface area contributed by atoms with E-state index in [1.54, 1.807) is 6.20 Å². The van der Waals surface area contributed by atoms with Gasteiger partial charge in [0.1, 0.15) is 5.69 Å². The first-order chi connectivity index (χ1) is 9.31. The second kappa shape index (κ2) is 6.83. The molecule has 2 heterocycles. The van der Waals surface area contributed by atoms with Crippen molar-refractivity contribution in [3.05, 3.63) is 59.1 Å². The maximum Gasteiger partial charge on any atom is 0.187 e. The van der Waals surface area contributed by atoms with Gasteiger partial charge in [0, 0.05) is 22.3 Å². The summed E-state index contributed by atoms with van der Waals surface area (Å²) < 4.78 is 0. The van der Waals surface area contributed by atoms with Crippen molar-refractivity contribution in [1.29, 1.82) is 0 Å². The Morgan fingerprint density at radius 3 is 2.70 bits per heavy atom. The Kier molecular flexibility index (Phi) is 5.11. The smallest absolute Gasteiger partial charge is 0.187 e. The summed E-state index contributed by atoms with van der Waals surface area (Å²) in [6, 6.07) is 13.3. The summed E-state index contributed by atoms with van der Waals surface area (Å²) in [6.07, 6.45) is 1.76. The minimum atomic E-state index is 0. The Bertz CT molecular complexity index is 688. The number of nitrogens with zero attached hydrogens (tertiary/aromatic N) is 2. The van der Waals surface area contributed by atoms with Crippen molar-refractivity contribution >= 4 is 50.7 Å². The molecule has 0 unspecified atom stereocenters. The molecule has 0 radical (unpaired) electrons. The third-order valence-electron chi connectivity index (χ3n) is 2.51. The summed E-state index contributed by atoms with van der Waals surface area (Å²) in [7, 11) is 0. The van der Waals surface area contributed by atoms with Crippen molar-refractivity contribution in [2.45, 2.75) is 0 Å². The summed E-state index contributed by atoms with van der Waals surface area (Å²) in [5.74, 6) is 0. The van der Waals surface area contributed by atoms with Crippen molar-refractivity contribution in [2.24, 2.45) is 0 Å². The van der Waals surface area contributed by atoms with Gasteiger partial charge in [-0.15, -0.1) is 28.3 Å². The Morgan fingerprint density at radius 1 is 1.05 bits per heavy atom. The van der Waals surface area contributed by atoms with Crippen LogP contribution < -0.4 is 5.32 Å². The highest BCUT2D eigenvalue weighted by molar-refractivity contribution is 8.93. The van der Waals surface area contributed by atoms with Crippen LogP contribution in [0.4, 0.5) is 10.8 Å². The predicted octanol–water partition coefficient (Wildman–Crippen LogP) is 5.18. The highest BCUT2D eigenvalue weighted by Gasteiger charge is 2.05. The van der Waals surface area contributed by atoms with Gasteiger partial charge in [-0.3, -0.25) is 4.98 Å². The van der Waals surface area contributed by atoms with Crippen molar-refractivity contribution in [3.8, 4) is 11.4 Å². The van der Waals surface area contributed by atoms with E-state index in [1.807, 2.05) is 47.8 Å². The molecule has 0 bridgehead atoms. The highest BCUT2D eigenvalue weighted by Crippen LogP contribution is 2.26. The van der Waals surface area contributed by atoms with Crippen LogP contribution in [0.3, 0.4) is 0 Å². The van der Waals surface area contributed by atoms with Crippen molar-refractivity contribution < 1.29 is 0 Å². The summed E-state index contributed by atoms with van der Waals surface area (Å²) >= 11 is 7.48. The van der Waals surface area contributed by atoms with Crippen LogP contribution in [0.1, 0.15) is 0 Å². The monoisotopic (exact) mass is 367 g/mol. The summed E-state index contributed by atoms with van der Waals surface area (Å²) in [6.45, 7) is 0. The number of anilines is 2. The SMILES string of the molecule is Br.Clc1cccc(Nc2nc(-c3ccccn3)cs2)c1.